The summed E-state index contributed by atoms with van der Waals surface area (Å²) in [5.74, 6) is -0.946. The number of benzene rings is 1. The predicted octanol–water partition coefficient (Wildman–Crippen LogP) is 4.87. The van der Waals surface area contributed by atoms with Crippen molar-refractivity contribution in [2.24, 2.45) is 0 Å². The summed E-state index contributed by atoms with van der Waals surface area (Å²) < 4.78 is 2.58. The molecule has 1 N–H and O–H groups in total. The maximum absolute atomic E-state index is 11.1. The first kappa shape index (κ1) is 24.7. The third-order valence-electron chi connectivity index (χ3n) is 4.42. The minimum Gasteiger partial charge on any atom is -0.478 e. The van der Waals surface area contributed by atoms with Crippen LogP contribution in [0.1, 0.15) is 41.9 Å². The highest BCUT2D eigenvalue weighted by molar-refractivity contribution is 7.20. The van der Waals surface area contributed by atoms with Gasteiger partial charge in [0.05, 0.1) is 21.5 Å². The summed E-state index contributed by atoms with van der Waals surface area (Å²) in [6.45, 7) is 6.64. The highest BCUT2D eigenvalue weighted by Gasteiger charge is 2.15. The van der Waals surface area contributed by atoms with Crippen LogP contribution >= 0.6 is 22.9 Å². The van der Waals surface area contributed by atoms with Gasteiger partial charge in [0, 0.05) is 37.1 Å². The Morgan fingerprint density at radius 3 is 2.71 bits per heavy atom. The minimum atomic E-state index is -0.946. The van der Waals surface area contributed by atoms with E-state index in [0.29, 0.717) is 18.0 Å². The normalized spacial score (nSPS) is 13.5. The Kier molecular flexibility index (Phi) is 9.84. The molecule has 0 unspecified atom stereocenters. The second-order valence-electron chi connectivity index (χ2n) is 6.67. The molecule has 3 heterocycles. The van der Waals surface area contributed by atoms with E-state index in [2.05, 4.69) is 28.3 Å². The quantitative estimate of drug-likeness (QED) is 0.544. The number of likely N-dealkylation sites (N-methyl/N-ethyl adjacent to an activating group) is 1. The van der Waals surface area contributed by atoms with E-state index in [9.17, 15) is 9.59 Å². The Morgan fingerprint density at radius 2 is 2.10 bits per heavy atom. The number of halogens is 1. The van der Waals surface area contributed by atoms with Crippen LogP contribution in [0.25, 0.3) is 15.7 Å². The molecule has 0 bridgehead atoms. The zero-order valence-electron chi connectivity index (χ0n) is 17.9. The van der Waals surface area contributed by atoms with Crippen LogP contribution in [-0.4, -0.2) is 57.4 Å². The van der Waals surface area contributed by atoms with Gasteiger partial charge in [0.2, 0.25) is 0 Å². The number of rotatable bonds is 5. The molecule has 2 aromatic heterocycles. The summed E-state index contributed by atoms with van der Waals surface area (Å²) in [7, 11) is 2.11. The Balaban J connectivity index is 0.000000261. The van der Waals surface area contributed by atoms with Gasteiger partial charge in [0.1, 0.15) is 6.29 Å². The summed E-state index contributed by atoms with van der Waals surface area (Å²) in [5, 5.41) is 17.7. The molecule has 31 heavy (non-hydrogen) atoms. The summed E-state index contributed by atoms with van der Waals surface area (Å²) in [5.41, 5.74) is 1.54. The largest absolute Gasteiger partial charge is 0.478 e. The van der Waals surface area contributed by atoms with Gasteiger partial charge in [-0.05, 0) is 42.6 Å². The molecule has 3 aromatic rings. The van der Waals surface area contributed by atoms with Crippen molar-refractivity contribution in [2.75, 3.05) is 20.1 Å². The number of aldehydes is 1. The van der Waals surface area contributed by atoms with Crippen LogP contribution in [0.4, 0.5) is 0 Å². The van der Waals surface area contributed by atoms with Crippen molar-refractivity contribution in [1.29, 1.82) is 0 Å². The average Bonchev–Trinajstić information content (AvgIpc) is 3.44. The van der Waals surface area contributed by atoms with Crippen LogP contribution in [0.2, 0.25) is 5.02 Å². The molecule has 166 valence electrons. The van der Waals surface area contributed by atoms with E-state index in [1.807, 2.05) is 19.9 Å². The van der Waals surface area contributed by atoms with E-state index in [4.69, 9.17) is 16.7 Å². The monoisotopic (exact) mass is 462 g/mol. The van der Waals surface area contributed by atoms with Crippen LogP contribution in [0, 0.1) is 0 Å². The molecule has 9 heteroatoms. The highest BCUT2D eigenvalue weighted by atomic mass is 35.5. The first-order chi connectivity index (χ1) is 15.0. The van der Waals surface area contributed by atoms with Gasteiger partial charge < -0.3 is 14.8 Å². The molecule has 0 saturated heterocycles. The molecule has 0 radical (unpaired) electrons. The fraction of sp³-hybridized carbons (Fsp3) is 0.364. The predicted molar refractivity (Wildman–Crippen MR) is 126 cm³/mol. The Bertz CT molecular complexity index is 1030. The number of carboxylic acids is 1. The lowest BCUT2D eigenvalue weighted by atomic mass is 10.1. The number of thiophene rings is 1. The molecular formula is C22H27ClN4O3S. The van der Waals surface area contributed by atoms with E-state index in [1.165, 1.54) is 16.5 Å². The number of carbonyl (C=O) groups is 2. The minimum absolute atomic E-state index is 0.238. The lowest BCUT2D eigenvalue weighted by Crippen LogP contribution is -2.24. The first-order valence-corrected chi connectivity index (χ1v) is 11.3. The Morgan fingerprint density at radius 1 is 1.32 bits per heavy atom. The van der Waals surface area contributed by atoms with Gasteiger partial charge >= 0.3 is 5.97 Å². The number of fused-ring (bicyclic) bond motifs is 1. The fourth-order valence-electron chi connectivity index (χ4n) is 3.00. The van der Waals surface area contributed by atoms with Crippen molar-refractivity contribution in [2.45, 2.75) is 33.2 Å². The van der Waals surface area contributed by atoms with E-state index in [1.54, 1.807) is 34.5 Å². The van der Waals surface area contributed by atoms with Gasteiger partial charge in [-0.2, -0.15) is 0 Å². The summed E-state index contributed by atoms with van der Waals surface area (Å²) in [4.78, 5) is 24.4. The van der Waals surface area contributed by atoms with Crippen molar-refractivity contribution in [3.8, 4) is 0 Å². The summed E-state index contributed by atoms with van der Waals surface area (Å²) >= 11 is 7.84. The number of aryl methyl sites for hydroxylation is 1. The van der Waals surface area contributed by atoms with Gasteiger partial charge in [-0.1, -0.05) is 36.7 Å². The van der Waals surface area contributed by atoms with Gasteiger partial charge in [-0.25, -0.2) is 4.79 Å². The van der Waals surface area contributed by atoms with Crippen molar-refractivity contribution < 1.29 is 14.7 Å². The average molecular weight is 463 g/mol. The van der Waals surface area contributed by atoms with Gasteiger partial charge in [0.15, 0.2) is 0 Å². The maximum atomic E-state index is 11.1. The van der Waals surface area contributed by atoms with Crippen molar-refractivity contribution in [1.82, 2.24) is 19.9 Å². The molecule has 4 rings (SSSR count). The molecule has 0 spiro atoms. The third kappa shape index (κ3) is 6.99. The highest BCUT2D eigenvalue weighted by Crippen LogP contribution is 2.37. The lowest BCUT2D eigenvalue weighted by Gasteiger charge is -2.22. The number of hydrogen-bond acceptors (Lipinski definition) is 6. The topological polar surface area (TPSA) is 88.3 Å². The fourth-order valence-corrected chi connectivity index (χ4v) is 4.42. The van der Waals surface area contributed by atoms with Crippen molar-refractivity contribution >= 4 is 50.9 Å². The number of aromatic carboxylic acids is 1. The summed E-state index contributed by atoms with van der Waals surface area (Å²) in [6.07, 6.45) is 7.99. The third-order valence-corrected chi connectivity index (χ3v) is 6.09. The molecule has 1 aliphatic heterocycles. The SMILES string of the molecule is CC.CN1CCC=C(c2cc3cc(C(=O)O)cc(Cl)c3s2)C1.O=CCCn1ccnn1. The number of aromatic nitrogens is 3. The van der Waals surface area contributed by atoms with Crippen LogP contribution in [-0.2, 0) is 11.3 Å². The second kappa shape index (κ2) is 12.3. The molecule has 7 nitrogen and oxygen atoms in total. The molecular weight excluding hydrogens is 436 g/mol. The first-order valence-electron chi connectivity index (χ1n) is 10.1. The van der Waals surface area contributed by atoms with Crippen LogP contribution in [0.15, 0.2) is 36.7 Å². The van der Waals surface area contributed by atoms with Gasteiger partial charge in [-0.3, -0.25) is 4.68 Å². The molecule has 0 atom stereocenters. The zero-order valence-corrected chi connectivity index (χ0v) is 19.5. The number of nitrogens with zero attached hydrogens (tertiary/aromatic N) is 4. The Hall–Kier alpha value is -2.55. The standard InChI is InChI=1S/C15H14ClNO2S.C5H7N3O.C2H6/c1-17-4-2-3-9(8-17)13-7-10-5-11(15(18)19)6-12(16)14(10)20-13;9-5-1-3-8-4-2-6-7-8;1-2/h3,5-7H,2,4,8H2,1H3,(H,18,19);2,4-5H,1,3H2;1-2H3. The van der Waals surface area contributed by atoms with E-state index >= 15 is 0 Å². The maximum Gasteiger partial charge on any atom is 0.335 e. The van der Waals surface area contributed by atoms with Crippen LogP contribution in [0.5, 0.6) is 0 Å². The van der Waals surface area contributed by atoms with E-state index in [-0.39, 0.29) is 5.56 Å². The Labute approximate surface area is 190 Å². The zero-order chi connectivity index (χ0) is 22.8. The number of carbonyl (C=O) groups excluding carboxylic acids is 1. The molecule has 0 saturated carbocycles. The lowest BCUT2D eigenvalue weighted by molar-refractivity contribution is -0.108. The molecule has 0 amide bonds. The smallest absolute Gasteiger partial charge is 0.335 e. The van der Waals surface area contributed by atoms with E-state index in [0.717, 1.165) is 35.9 Å². The number of hydrogen-bond donors (Lipinski definition) is 1. The van der Waals surface area contributed by atoms with Crippen LogP contribution < -0.4 is 0 Å². The van der Waals surface area contributed by atoms with Gasteiger partial charge in [0.25, 0.3) is 0 Å². The van der Waals surface area contributed by atoms with E-state index < -0.39 is 5.97 Å². The van der Waals surface area contributed by atoms with Crippen molar-refractivity contribution in [3.63, 3.8) is 0 Å². The van der Waals surface area contributed by atoms with Gasteiger partial charge in [-0.15, -0.1) is 16.4 Å². The van der Waals surface area contributed by atoms with Crippen LogP contribution in [0.3, 0.4) is 0 Å². The van der Waals surface area contributed by atoms with Crippen molar-refractivity contribution in [3.05, 3.63) is 52.1 Å². The summed E-state index contributed by atoms with van der Waals surface area (Å²) in [6, 6.07) is 5.26. The molecule has 0 fully saturated rings. The number of carboxylic acid groups (broad SMARTS) is 1. The molecule has 1 aliphatic rings. The molecule has 1 aromatic carbocycles. The second-order valence-corrected chi connectivity index (χ2v) is 8.13. The molecule has 0 aliphatic carbocycles.